The molecular formula is C17H12IN3O2S. The van der Waals surface area contributed by atoms with Crippen LogP contribution < -0.4 is 10.2 Å². The molecule has 2 aromatic carbocycles. The van der Waals surface area contributed by atoms with Gasteiger partial charge in [0.25, 0.3) is 5.91 Å². The Morgan fingerprint density at radius 3 is 2.46 bits per heavy atom. The van der Waals surface area contributed by atoms with Gasteiger partial charge in [0.05, 0.1) is 11.4 Å². The number of thiocarbonyl (C=S) groups is 1. The van der Waals surface area contributed by atoms with E-state index in [0.29, 0.717) is 11.4 Å². The summed E-state index contributed by atoms with van der Waals surface area (Å²) in [6, 6.07) is 16.4. The van der Waals surface area contributed by atoms with E-state index in [1.807, 2.05) is 30.3 Å². The summed E-state index contributed by atoms with van der Waals surface area (Å²) in [5, 5.41) is 2.64. The number of benzene rings is 2. The maximum atomic E-state index is 12.7. The number of nitrogens with one attached hydrogen (secondary N) is 1. The number of carbonyl (C=O) groups is 2. The molecule has 24 heavy (non-hydrogen) atoms. The van der Waals surface area contributed by atoms with E-state index in [0.717, 1.165) is 3.57 Å². The Bertz CT molecular complexity index is 839. The van der Waals surface area contributed by atoms with Gasteiger partial charge >= 0.3 is 0 Å². The highest BCUT2D eigenvalue weighted by Gasteiger charge is 2.38. The monoisotopic (exact) mass is 449 g/mol. The third-order valence-corrected chi connectivity index (χ3v) is 4.63. The van der Waals surface area contributed by atoms with Gasteiger partial charge < -0.3 is 5.32 Å². The lowest BCUT2D eigenvalue weighted by Crippen LogP contribution is -2.58. The van der Waals surface area contributed by atoms with Crippen molar-refractivity contribution in [3.05, 3.63) is 58.2 Å². The van der Waals surface area contributed by atoms with Crippen molar-refractivity contribution < 1.29 is 9.59 Å². The fraction of sp³-hybridized carbons (Fsp3) is 0.0588. The summed E-state index contributed by atoms with van der Waals surface area (Å²) in [5.41, 5.74) is 1.32. The van der Waals surface area contributed by atoms with Crippen molar-refractivity contribution >= 4 is 69.3 Å². The summed E-state index contributed by atoms with van der Waals surface area (Å²) < 4.78 is 0.936. The molecule has 1 N–H and O–H groups in total. The van der Waals surface area contributed by atoms with Crippen molar-refractivity contribution in [1.29, 1.82) is 0 Å². The first-order valence-electron chi connectivity index (χ1n) is 7.10. The van der Waals surface area contributed by atoms with E-state index in [1.54, 1.807) is 24.3 Å². The number of para-hydroxylation sites is 2. The van der Waals surface area contributed by atoms with Crippen LogP contribution in [0.2, 0.25) is 0 Å². The zero-order chi connectivity index (χ0) is 17.1. The fourth-order valence-corrected chi connectivity index (χ4v) is 3.08. The minimum absolute atomic E-state index is 0.0788. The molecule has 1 aliphatic rings. The van der Waals surface area contributed by atoms with Crippen LogP contribution in [0.25, 0.3) is 0 Å². The minimum Gasteiger partial charge on any atom is -0.301 e. The molecule has 0 saturated carbocycles. The van der Waals surface area contributed by atoms with E-state index >= 15 is 0 Å². The number of halogens is 1. The molecule has 7 heteroatoms. The third-order valence-electron chi connectivity index (χ3n) is 3.43. The molecule has 1 heterocycles. The number of anilines is 1. The van der Waals surface area contributed by atoms with Crippen molar-refractivity contribution in [3.63, 3.8) is 0 Å². The normalized spacial score (nSPS) is 18.1. The third kappa shape index (κ3) is 3.36. The Morgan fingerprint density at radius 2 is 1.75 bits per heavy atom. The molecule has 3 rings (SSSR count). The maximum absolute atomic E-state index is 12.7. The zero-order valence-electron chi connectivity index (χ0n) is 12.3. The number of rotatable bonds is 3. The van der Waals surface area contributed by atoms with Gasteiger partial charge in [-0.25, -0.2) is 0 Å². The molecule has 1 fully saturated rings. The molecule has 2 amide bonds. The van der Waals surface area contributed by atoms with Gasteiger partial charge in [0, 0.05) is 9.78 Å². The Kier molecular flexibility index (Phi) is 5.00. The van der Waals surface area contributed by atoms with E-state index in [4.69, 9.17) is 12.2 Å². The lowest BCUT2D eigenvalue weighted by molar-refractivity contribution is -0.130. The molecular weight excluding hydrogens is 437 g/mol. The van der Waals surface area contributed by atoms with Crippen LogP contribution >= 0.6 is 34.8 Å². The molecule has 120 valence electrons. The molecule has 0 aliphatic carbocycles. The van der Waals surface area contributed by atoms with Crippen LogP contribution in [0.4, 0.5) is 11.4 Å². The topological polar surface area (TPSA) is 61.8 Å². The summed E-state index contributed by atoms with van der Waals surface area (Å²) in [5.74, 6) is -1.90. The molecule has 1 saturated heterocycles. The molecule has 2 aromatic rings. The van der Waals surface area contributed by atoms with Crippen LogP contribution in [0.1, 0.15) is 0 Å². The molecule has 0 unspecified atom stereocenters. The predicted octanol–water partition coefficient (Wildman–Crippen LogP) is 3.06. The summed E-state index contributed by atoms with van der Waals surface area (Å²) in [6.45, 7) is 0. The van der Waals surface area contributed by atoms with Crippen molar-refractivity contribution in [2.24, 2.45) is 10.9 Å². The minimum atomic E-state index is -1.02. The Balaban J connectivity index is 1.90. The second-order valence-electron chi connectivity index (χ2n) is 5.01. The van der Waals surface area contributed by atoms with Crippen LogP contribution in [-0.4, -0.2) is 23.1 Å². The first-order valence-corrected chi connectivity index (χ1v) is 8.59. The number of carbonyl (C=O) groups excluding carboxylic acids is 2. The van der Waals surface area contributed by atoms with E-state index in [2.05, 4.69) is 32.9 Å². The average molecular weight is 449 g/mol. The highest BCUT2D eigenvalue weighted by molar-refractivity contribution is 14.1. The second kappa shape index (κ2) is 7.18. The molecule has 0 bridgehead atoms. The summed E-state index contributed by atoms with van der Waals surface area (Å²) >= 11 is 7.29. The Labute approximate surface area is 157 Å². The van der Waals surface area contributed by atoms with E-state index in [-0.39, 0.29) is 5.11 Å². The van der Waals surface area contributed by atoms with Gasteiger partial charge in [-0.2, -0.15) is 0 Å². The highest BCUT2D eigenvalue weighted by atomic mass is 127. The molecule has 0 aromatic heterocycles. The summed E-state index contributed by atoms with van der Waals surface area (Å²) in [4.78, 5) is 30.5. The van der Waals surface area contributed by atoms with Crippen LogP contribution in [0, 0.1) is 9.49 Å². The van der Waals surface area contributed by atoms with Gasteiger partial charge in [-0.05, 0) is 59.1 Å². The zero-order valence-corrected chi connectivity index (χ0v) is 15.3. The Morgan fingerprint density at radius 1 is 1.08 bits per heavy atom. The smallest absolute Gasteiger partial charge is 0.251 e. The fourth-order valence-electron chi connectivity index (χ4n) is 2.25. The number of hydrogen-bond donors (Lipinski definition) is 1. The number of nitrogens with zero attached hydrogens (tertiary/aromatic N) is 2. The van der Waals surface area contributed by atoms with Crippen LogP contribution in [-0.2, 0) is 9.59 Å². The lowest BCUT2D eigenvalue weighted by atomic mass is 10.1. The first-order chi connectivity index (χ1) is 11.6. The van der Waals surface area contributed by atoms with Crippen molar-refractivity contribution in [1.82, 2.24) is 5.32 Å². The number of aliphatic imine (C=N–C) groups is 1. The van der Waals surface area contributed by atoms with Gasteiger partial charge in [0.1, 0.15) is 0 Å². The van der Waals surface area contributed by atoms with E-state index < -0.39 is 17.7 Å². The number of amides is 2. The molecule has 0 radical (unpaired) electrons. The maximum Gasteiger partial charge on any atom is 0.251 e. The lowest BCUT2D eigenvalue weighted by Gasteiger charge is -2.30. The average Bonchev–Trinajstić information content (AvgIpc) is 2.57. The van der Waals surface area contributed by atoms with Gasteiger partial charge in [-0.1, -0.05) is 30.3 Å². The van der Waals surface area contributed by atoms with E-state index in [1.165, 1.54) is 11.1 Å². The molecule has 0 spiro atoms. The molecule has 5 nitrogen and oxygen atoms in total. The SMILES string of the molecule is O=C1NC(=S)N(c2ccccc2)C(=O)[C@H]1C=Nc1ccccc1I. The van der Waals surface area contributed by atoms with Gasteiger partial charge in [-0.15, -0.1) is 0 Å². The van der Waals surface area contributed by atoms with Crippen LogP contribution in [0.3, 0.4) is 0 Å². The van der Waals surface area contributed by atoms with Crippen LogP contribution in [0.5, 0.6) is 0 Å². The number of hydrogen-bond acceptors (Lipinski definition) is 4. The predicted molar refractivity (Wildman–Crippen MR) is 105 cm³/mol. The summed E-state index contributed by atoms with van der Waals surface area (Å²) in [6.07, 6.45) is 1.37. The van der Waals surface area contributed by atoms with Gasteiger partial charge in [0.15, 0.2) is 11.0 Å². The van der Waals surface area contributed by atoms with Crippen molar-refractivity contribution in [3.8, 4) is 0 Å². The van der Waals surface area contributed by atoms with Crippen LogP contribution in [0.15, 0.2) is 59.6 Å². The second-order valence-corrected chi connectivity index (χ2v) is 6.56. The van der Waals surface area contributed by atoms with Gasteiger partial charge in [0.2, 0.25) is 5.91 Å². The summed E-state index contributed by atoms with van der Waals surface area (Å²) in [7, 11) is 0. The van der Waals surface area contributed by atoms with Gasteiger partial charge in [-0.3, -0.25) is 19.5 Å². The largest absolute Gasteiger partial charge is 0.301 e. The Hall–Kier alpha value is -2.13. The quantitative estimate of drug-likeness (QED) is 0.339. The van der Waals surface area contributed by atoms with Crippen molar-refractivity contribution in [2.45, 2.75) is 0 Å². The first kappa shape index (κ1) is 16.7. The standard InChI is InChI=1S/C17H12IN3O2S/c18-13-8-4-5-9-14(13)19-10-12-15(22)20-17(24)21(16(12)23)11-6-2-1-3-7-11/h1-10,12H,(H,20,22,24)/t12-/m0/s1. The van der Waals surface area contributed by atoms with E-state index in [9.17, 15) is 9.59 Å². The van der Waals surface area contributed by atoms with Crippen molar-refractivity contribution in [2.75, 3.05) is 4.90 Å². The highest BCUT2D eigenvalue weighted by Crippen LogP contribution is 2.22. The molecule has 1 aliphatic heterocycles. The molecule has 1 atom stereocenters.